The van der Waals surface area contributed by atoms with E-state index >= 15 is 0 Å². The molecule has 2 N–H and O–H groups in total. The molecule has 6 heteroatoms. The molecule has 2 fully saturated rings. The Balaban J connectivity index is 1.78. The van der Waals surface area contributed by atoms with Gasteiger partial charge in [0.25, 0.3) is 0 Å². The van der Waals surface area contributed by atoms with Crippen LogP contribution >= 0.6 is 11.6 Å². The average Bonchev–Trinajstić information content (AvgIpc) is 3.06. The summed E-state index contributed by atoms with van der Waals surface area (Å²) >= 11 is 6.06. The highest BCUT2D eigenvalue weighted by atomic mass is 35.5. The van der Waals surface area contributed by atoms with Crippen molar-refractivity contribution in [1.82, 2.24) is 0 Å². The van der Waals surface area contributed by atoms with Crippen LogP contribution in [-0.2, 0) is 4.79 Å². The highest BCUT2D eigenvalue weighted by Crippen LogP contribution is 2.54. The molecule has 5 nitrogen and oxygen atoms in total. The van der Waals surface area contributed by atoms with E-state index in [0.717, 1.165) is 24.7 Å². The van der Waals surface area contributed by atoms with Crippen LogP contribution in [0, 0.1) is 17.8 Å². The van der Waals surface area contributed by atoms with Gasteiger partial charge < -0.3 is 15.2 Å². The summed E-state index contributed by atoms with van der Waals surface area (Å²) in [5.41, 5.74) is 0.367. The van der Waals surface area contributed by atoms with Gasteiger partial charge in [-0.2, -0.15) is 0 Å². The standard InChI is InChI=1S/C15H16ClNO4/c1-21-13-6-12(11(16)5-10(13)15(19)20)17-14(18)9-3-7-2-8(7)4-9/h5-9H,2-4H2,1H3,(H,17,18)(H,19,20). The Morgan fingerprint density at radius 3 is 2.52 bits per heavy atom. The number of rotatable bonds is 4. The van der Waals surface area contributed by atoms with Crippen LogP contribution < -0.4 is 10.1 Å². The molecule has 2 unspecified atom stereocenters. The van der Waals surface area contributed by atoms with E-state index in [9.17, 15) is 9.59 Å². The van der Waals surface area contributed by atoms with Crippen molar-refractivity contribution in [1.29, 1.82) is 0 Å². The van der Waals surface area contributed by atoms with Crippen molar-refractivity contribution in [2.75, 3.05) is 12.4 Å². The van der Waals surface area contributed by atoms with E-state index in [-0.39, 0.29) is 28.2 Å². The fourth-order valence-corrected chi connectivity index (χ4v) is 3.36. The molecule has 3 rings (SSSR count). The SMILES string of the molecule is COc1cc(NC(=O)C2CC3CC3C2)c(Cl)cc1C(=O)O. The number of carboxylic acid groups (broad SMARTS) is 1. The Bertz CT molecular complexity index is 606. The first-order valence-corrected chi connectivity index (χ1v) is 7.29. The van der Waals surface area contributed by atoms with Crippen molar-refractivity contribution in [2.24, 2.45) is 17.8 Å². The summed E-state index contributed by atoms with van der Waals surface area (Å²) in [4.78, 5) is 23.3. The molecule has 0 bridgehead atoms. The van der Waals surface area contributed by atoms with E-state index in [4.69, 9.17) is 21.4 Å². The summed E-state index contributed by atoms with van der Waals surface area (Å²) < 4.78 is 5.04. The van der Waals surface area contributed by atoms with Gasteiger partial charge in [-0.05, 0) is 37.2 Å². The van der Waals surface area contributed by atoms with E-state index in [1.165, 1.54) is 25.7 Å². The van der Waals surface area contributed by atoms with E-state index in [1.807, 2.05) is 0 Å². The molecule has 0 heterocycles. The summed E-state index contributed by atoms with van der Waals surface area (Å²) in [6.07, 6.45) is 3.14. The Labute approximate surface area is 127 Å². The summed E-state index contributed by atoms with van der Waals surface area (Å²) in [6.45, 7) is 0. The minimum Gasteiger partial charge on any atom is -0.496 e. The first kappa shape index (κ1) is 14.2. The summed E-state index contributed by atoms with van der Waals surface area (Å²) in [5, 5.41) is 12.1. The number of amides is 1. The third-order valence-corrected chi connectivity index (χ3v) is 4.70. The van der Waals surface area contributed by atoms with Gasteiger partial charge in [-0.1, -0.05) is 11.6 Å². The number of benzene rings is 1. The maximum absolute atomic E-state index is 12.2. The lowest BCUT2D eigenvalue weighted by Crippen LogP contribution is -2.22. The molecule has 0 radical (unpaired) electrons. The van der Waals surface area contributed by atoms with E-state index in [1.54, 1.807) is 0 Å². The molecule has 2 saturated carbocycles. The lowest BCUT2D eigenvalue weighted by Gasteiger charge is -2.15. The molecular formula is C15H16ClNO4. The van der Waals surface area contributed by atoms with Crippen LogP contribution in [0.1, 0.15) is 29.6 Å². The smallest absolute Gasteiger partial charge is 0.339 e. The third kappa shape index (κ3) is 2.70. The topological polar surface area (TPSA) is 75.6 Å². The molecule has 2 aliphatic rings. The van der Waals surface area contributed by atoms with Crippen molar-refractivity contribution in [3.8, 4) is 5.75 Å². The maximum atomic E-state index is 12.2. The molecule has 0 aromatic heterocycles. The second-order valence-electron chi connectivity index (χ2n) is 5.75. The summed E-state index contributed by atoms with van der Waals surface area (Å²) in [6, 6.07) is 2.75. The van der Waals surface area contributed by atoms with Crippen molar-refractivity contribution < 1.29 is 19.4 Å². The van der Waals surface area contributed by atoms with Crippen LogP contribution in [0.25, 0.3) is 0 Å². The highest BCUT2D eigenvalue weighted by Gasteiger charge is 2.48. The monoisotopic (exact) mass is 309 g/mol. The quantitative estimate of drug-likeness (QED) is 0.896. The fourth-order valence-electron chi connectivity index (χ4n) is 3.15. The number of ether oxygens (including phenoxy) is 1. The fraction of sp³-hybridized carbons (Fsp3) is 0.467. The predicted octanol–water partition coefficient (Wildman–Crippen LogP) is 3.03. The number of nitrogens with one attached hydrogen (secondary N) is 1. The molecule has 112 valence electrons. The Morgan fingerprint density at radius 1 is 1.29 bits per heavy atom. The molecule has 21 heavy (non-hydrogen) atoms. The van der Waals surface area contributed by atoms with Crippen molar-refractivity contribution >= 4 is 29.2 Å². The zero-order chi connectivity index (χ0) is 15.1. The van der Waals surface area contributed by atoms with Crippen LogP contribution in [-0.4, -0.2) is 24.1 Å². The van der Waals surface area contributed by atoms with Gasteiger partial charge in [0.2, 0.25) is 5.91 Å². The lowest BCUT2D eigenvalue weighted by atomic mass is 10.0. The maximum Gasteiger partial charge on any atom is 0.339 e. The van der Waals surface area contributed by atoms with Gasteiger partial charge in [0.15, 0.2) is 0 Å². The number of methoxy groups -OCH3 is 1. The number of halogens is 1. The van der Waals surface area contributed by atoms with Gasteiger partial charge >= 0.3 is 5.97 Å². The molecule has 1 amide bonds. The molecule has 0 spiro atoms. The van der Waals surface area contributed by atoms with Gasteiger partial charge in [0.05, 0.1) is 17.8 Å². The summed E-state index contributed by atoms with van der Waals surface area (Å²) in [5.74, 6) is 0.489. The van der Waals surface area contributed by atoms with Gasteiger partial charge in [-0.25, -0.2) is 4.79 Å². The number of carbonyl (C=O) groups is 2. The first-order chi connectivity index (χ1) is 9.99. The van der Waals surface area contributed by atoms with Crippen molar-refractivity contribution in [3.63, 3.8) is 0 Å². The number of carboxylic acids is 1. The molecule has 0 saturated heterocycles. The molecule has 2 aliphatic carbocycles. The minimum atomic E-state index is -1.12. The number of hydrogen-bond acceptors (Lipinski definition) is 3. The van der Waals surface area contributed by atoms with Crippen molar-refractivity contribution in [2.45, 2.75) is 19.3 Å². The number of hydrogen-bond donors (Lipinski definition) is 2. The second-order valence-corrected chi connectivity index (χ2v) is 6.16. The number of aromatic carboxylic acids is 1. The van der Waals surface area contributed by atoms with Gasteiger partial charge in [0, 0.05) is 12.0 Å². The number of anilines is 1. The lowest BCUT2D eigenvalue weighted by molar-refractivity contribution is -0.120. The highest BCUT2D eigenvalue weighted by molar-refractivity contribution is 6.34. The van der Waals surface area contributed by atoms with E-state index in [0.29, 0.717) is 5.69 Å². The summed E-state index contributed by atoms with van der Waals surface area (Å²) in [7, 11) is 1.38. The zero-order valence-electron chi connectivity index (χ0n) is 11.6. The second kappa shape index (κ2) is 5.22. The molecule has 1 aromatic rings. The van der Waals surface area contributed by atoms with Crippen LogP contribution in [0.3, 0.4) is 0 Å². The van der Waals surface area contributed by atoms with Crippen LogP contribution in [0.2, 0.25) is 5.02 Å². The van der Waals surface area contributed by atoms with E-state index < -0.39 is 5.97 Å². The van der Waals surface area contributed by atoms with Crippen molar-refractivity contribution in [3.05, 3.63) is 22.7 Å². The Hall–Kier alpha value is -1.75. The normalized spacial score (nSPS) is 26.1. The number of fused-ring (bicyclic) bond motifs is 1. The Kier molecular flexibility index (Phi) is 3.53. The predicted molar refractivity (Wildman–Crippen MR) is 77.9 cm³/mol. The zero-order valence-corrected chi connectivity index (χ0v) is 12.3. The van der Waals surface area contributed by atoms with Crippen LogP contribution in [0.5, 0.6) is 5.75 Å². The van der Waals surface area contributed by atoms with E-state index in [2.05, 4.69) is 5.32 Å². The van der Waals surface area contributed by atoms with Crippen LogP contribution in [0.4, 0.5) is 5.69 Å². The first-order valence-electron chi connectivity index (χ1n) is 6.91. The molecule has 1 aromatic carbocycles. The minimum absolute atomic E-state index is 0.0254. The average molecular weight is 310 g/mol. The molecular weight excluding hydrogens is 294 g/mol. The third-order valence-electron chi connectivity index (χ3n) is 4.39. The molecule has 2 atom stereocenters. The van der Waals surface area contributed by atoms with Gasteiger partial charge in [-0.3, -0.25) is 4.79 Å². The van der Waals surface area contributed by atoms with Gasteiger partial charge in [-0.15, -0.1) is 0 Å². The Morgan fingerprint density at radius 2 is 1.95 bits per heavy atom. The largest absolute Gasteiger partial charge is 0.496 e. The number of carbonyl (C=O) groups excluding carboxylic acids is 1. The molecule has 0 aliphatic heterocycles. The van der Waals surface area contributed by atoms with Gasteiger partial charge in [0.1, 0.15) is 11.3 Å². The van der Waals surface area contributed by atoms with Crippen LogP contribution in [0.15, 0.2) is 12.1 Å².